The Morgan fingerprint density at radius 1 is 1.33 bits per heavy atom. The van der Waals surface area contributed by atoms with Gasteiger partial charge in [-0.3, -0.25) is 9.59 Å². The average molecular weight is 294 g/mol. The Balaban J connectivity index is 1.80. The monoisotopic (exact) mass is 294 g/mol. The van der Waals surface area contributed by atoms with E-state index in [4.69, 9.17) is 5.11 Å². The lowest BCUT2D eigenvalue weighted by Gasteiger charge is -2.31. The van der Waals surface area contributed by atoms with Crippen molar-refractivity contribution in [2.24, 2.45) is 5.92 Å². The number of hydrogen-bond acceptors (Lipinski definition) is 3. The molecular weight excluding hydrogens is 275 g/mol. The molecule has 0 unspecified atom stereocenters. The van der Waals surface area contributed by atoms with E-state index < -0.39 is 11.7 Å². The van der Waals surface area contributed by atoms with Crippen LogP contribution >= 0.6 is 0 Å². The van der Waals surface area contributed by atoms with Crippen molar-refractivity contribution in [2.45, 2.75) is 12.8 Å². The Morgan fingerprint density at radius 3 is 2.67 bits per heavy atom. The summed E-state index contributed by atoms with van der Waals surface area (Å²) in [5, 5.41) is 11.6. The number of halogens is 1. The summed E-state index contributed by atoms with van der Waals surface area (Å²) in [7, 11) is 0. The molecule has 1 aliphatic rings. The van der Waals surface area contributed by atoms with Crippen LogP contribution in [-0.2, 0) is 4.79 Å². The lowest BCUT2D eigenvalue weighted by atomic mass is 9.98. The fraction of sp³-hybridized carbons (Fsp3) is 0.467. The fourth-order valence-corrected chi connectivity index (χ4v) is 2.36. The molecule has 2 amide bonds. The number of likely N-dealkylation sites (tertiary alicyclic amines) is 1. The van der Waals surface area contributed by atoms with Crippen molar-refractivity contribution in [1.29, 1.82) is 0 Å². The molecule has 0 bridgehead atoms. The molecule has 0 atom stereocenters. The van der Waals surface area contributed by atoms with Crippen LogP contribution in [0.2, 0.25) is 0 Å². The molecule has 6 heteroatoms. The maximum absolute atomic E-state index is 13.0. The summed E-state index contributed by atoms with van der Waals surface area (Å²) in [6.45, 7) is 1.25. The highest BCUT2D eigenvalue weighted by Gasteiger charge is 2.22. The van der Waals surface area contributed by atoms with E-state index in [-0.39, 0.29) is 30.5 Å². The van der Waals surface area contributed by atoms with Gasteiger partial charge in [-0.15, -0.1) is 0 Å². The molecule has 114 valence electrons. The van der Waals surface area contributed by atoms with Gasteiger partial charge in [-0.1, -0.05) is 6.07 Å². The number of nitrogens with zero attached hydrogens (tertiary/aromatic N) is 1. The first kappa shape index (κ1) is 15.4. The van der Waals surface area contributed by atoms with Crippen molar-refractivity contribution < 1.29 is 19.1 Å². The van der Waals surface area contributed by atoms with Crippen molar-refractivity contribution >= 4 is 11.8 Å². The Bertz CT molecular complexity index is 513. The van der Waals surface area contributed by atoms with Gasteiger partial charge in [0.1, 0.15) is 5.82 Å². The molecule has 0 aliphatic carbocycles. The second-order valence-corrected chi connectivity index (χ2v) is 5.20. The summed E-state index contributed by atoms with van der Waals surface area (Å²) in [5.74, 6) is -0.847. The van der Waals surface area contributed by atoms with Crippen LogP contribution in [0.4, 0.5) is 4.39 Å². The third kappa shape index (κ3) is 4.26. The molecule has 0 aromatic heterocycles. The van der Waals surface area contributed by atoms with E-state index in [1.807, 2.05) is 0 Å². The van der Waals surface area contributed by atoms with Crippen LogP contribution in [0.1, 0.15) is 23.2 Å². The fourth-order valence-electron chi connectivity index (χ4n) is 2.36. The predicted octanol–water partition coefficient (Wildman–Crippen LogP) is 0.786. The average Bonchev–Trinajstić information content (AvgIpc) is 2.52. The largest absolute Gasteiger partial charge is 0.396 e. The third-order valence-corrected chi connectivity index (χ3v) is 3.71. The predicted molar refractivity (Wildman–Crippen MR) is 75.1 cm³/mol. The molecule has 2 rings (SSSR count). The first-order valence-electron chi connectivity index (χ1n) is 7.02. The van der Waals surface area contributed by atoms with Crippen molar-refractivity contribution in [3.63, 3.8) is 0 Å². The Labute approximate surface area is 122 Å². The van der Waals surface area contributed by atoms with E-state index in [0.717, 1.165) is 18.9 Å². The van der Waals surface area contributed by atoms with Crippen LogP contribution in [0.25, 0.3) is 0 Å². The zero-order chi connectivity index (χ0) is 15.2. The van der Waals surface area contributed by atoms with Gasteiger partial charge in [-0.2, -0.15) is 0 Å². The molecule has 21 heavy (non-hydrogen) atoms. The van der Waals surface area contributed by atoms with Crippen LogP contribution in [-0.4, -0.2) is 48.1 Å². The lowest BCUT2D eigenvalue weighted by Crippen LogP contribution is -2.44. The van der Waals surface area contributed by atoms with Crippen LogP contribution in [0.15, 0.2) is 24.3 Å². The summed E-state index contributed by atoms with van der Waals surface area (Å²) < 4.78 is 13.0. The van der Waals surface area contributed by atoms with E-state index >= 15 is 0 Å². The highest BCUT2D eigenvalue weighted by atomic mass is 19.1. The van der Waals surface area contributed by atoms with Crippen molar-refractivity contribution in [1.82, 2.24) is 10.2 Å². The molecule has 0 saturated carbocycles. The summed E-state index contributed by atoms with van der Waals surface area (Å²) in [4.78, 5) is 25.4. The van der Waals surface area contributed by atoms with Gasteiger partial charge in [-0.05, 0) is 37.0 Å². The first-order chi connectivity index (χ1) is 10.1. The number of benzene rings is 1. The molecule has 1 saturated heterocycles. The van der Waals surface area contributed by atoms with E-state index in [9.17, 15) is 14.0 Å². The molecule has 1 heterocycles. The van der Waals surface area contributed by atoms with Gasteiger partial charge in [0.2, 0.25) is 5.91 Å². The topological polar surface area (TPSA) is 69.6 Å². The summed E-state index contributed by atoms with van der Waals surface area (Å²) >= 11 is 0. The third-order valence-electron chi connectivity index (χ3n) is 3.71. The number of rotatable bonds is 4. The maximum atomic E-state index is 13.0. The van der Waals surface area contributed by atoms with Gasteiger partial charge < -0.3 is 15.3 Å². The van der Waals surface area contributed by atoms with E-state index in [2.05, 4.69) is 5.32 Å². The zero-order valence-electron chi connectivity index (χ0n) is 11.7. The summed E-state index contributed by atoms with van der Waals surface area (Å²) in [6, 6.07) is 5.33. The van der Waals surface area contributed by atoms with Crippen LogP contribution in [0.5, 0.6) is 0 Å². The lowest BCUT2D eigenvalue weighted by molar-refractivity contribution is -0.131. The van der Waals surface area contributed by atoms with Gasteiger partial charge in [0.15, 0.2) is 0 Å². The minimum Gasteiger partial charge on any atom is -0.396 e. The number of amides is 2. The standard InChI is InChI=1S/C15H19FN2O3/c16-13-3-1-2-12(8-13)15(21)17-9-14(20)18-6-4-11(10-19)5-7-18/h1-3,8,11,19H,4-7,9-10H2,(H,17,21). The Kier molecular flexibility index (Phi) is 5.27. The zero-order valence-corrected chi connectivity index (χ0v) is 11.7. The molecule has 1 aliphatic heterocycles. The molecule has 2 N–H and O–H groups in total. The van der Waals surface area contributed by atoms with Gasteiger partial charge in [-0.25, -0.2) is 4.39 Å². The van der Waals surface area contributed by atoms with Gasteiger partial charge in [0, 0.05) is 25.3 Å². The molecule has 1 fully saturated rings. The quantitative estimate of drug-likeness (QED) is 0.862. The van der Waals surface area contributed by atoms with Crippen molar-refractivity contribution in [3.05, 3.63) is 35.6 Å². The highest BCUT2D eigenvalue weighted by molar-refractivity contribution is 5.96. The van der Waals surface area contributed by atoms with Crippen molar-refractivity contribution in [3.8, 4) is 0 Å². The minimum atomic E-state index is -0.486. The van der Waals surface area contributed by atoms with Gasteiger partial charge in [0.05, 0.1) is 6.54 Å². The highest BCUT2D eigenvalue weighted by Crippen LogP contribution is 2.16. The normalized spacial score (nSPS) is 15.8. The number of aliphatic hydroxyl groups excluding tert-OH is 1. The molecule has 5 nitrogen and oxygen atoms in total. The number of carbonyl (C=O) groups is 2. The second-order valence-electron chi connectivity index (χ2n) is 5.20. The molecular formula is C15H19FN2O3. The van der Waals surface area contributed by atoms with Gasteiger partial charge in [0.25, 0.3) is 5.91 Å². The number of aliphatic hydroxyl groups is 1. The molecule has 1 aromatic carbocycles. The molecule has 0 radical (unpaired) electrons. The van der Waals surface area contributed by atoms with E-state index in [0.29, 0.717) is 13.1 Å². The Morgan fingerprint density at radius 2 is 2.05 bits per heavy atom. The number of hydrogen-bond donors (Lipinski definition) is 2. The van der Waals surface area contributed by atoms with E-state index in [1.54, 1.807) is 4.90 Å². The smallest absolute Gasteiger partial charge is 0.251 e. The van der Waals surface area contributed by atoms with E-state index in [1.165, 1.54) is 18.2 Å². The Hall–Kier alpha value is -1.95. The van der Waals surface area contributed by atoms with Crippen molar-refractivity contribution in [2.75, 3.05) is 26.2 Å². The first-order valence-corrected chi connectivity index (χ1v) is 7.02. The second kappa shape index (κ2) is 7.17. The summed E-state index contributed by atoms with van der Waals surface area (Å²) in [6.07, 6.45) is 1.56. The van der Waals surface area contributed by atoms with Crippen LogP contribution < -0.4 is 5.32 Å². The number of carbonyl (C=O) groups excluding carboxylic acids is 2. The van der Waals surface area contributed by atoms with Gasteiger partial charge >= 0.3 is 0 Å². The number of nitrogens with one attached hydrogen (secondary N) is 1. The summed E-state index contributed by atoms with van der Waals surface area (Å²) in [5.41, 5.74) is 0.196. The SMILES string of the molecule is O=C(NCC(=O)N1CCC(CO)CC1)c1cccc(F)c1. The molecule has 0 spiro atoms. The maximum Gasteiger partial charge on any atom is 0.251 e. The number of piperidine rings is 1. The van der Waals surface area contributed by atoms with Crippen LogP contribution in [0.3, 0.4) is 0 Å². The van der Waals surface area contributed by atoms with Crippen LogP contribution in [0, 0.1) is 11.7 Å². The molecule has 1 aromatic rings. The minimum absolute atomic E-state index is 0.0981.